The molecule has 0 saturated carbocycles. The molecule has 0 fully saturated rings. The lowest BCUT2D eigenvalue weighted by atomic mass is 10.2. The fourth-order valence-corrected chi connectivity index (χ4v) is 2.66. The average molecular weight is 393 g/mol. The Labute approximate surface area is 167 Å². The van der Waals surface area contributed by atoms with Crippen LogP contribution in [0.1, 0.15) is 24.5 Å². The fourth-order valence-electron chi connectivity index (χ4n) is 2.66. The van der Waals surface area contributed by atoms with Crippen molar-refractivity contribution in [1.29, 1.82) is 0 Å². The summed E-state index contributed by atoms with van der Waals surface area (Å²) in [5, 5.41) is 0. The van der Waals surface area contributed by atoms with Crippen LogP contribution in [0.15, 0.2) is 54.6 Å². The molecule has 0 bridgehead atoms. The van der Waals surface area contributed by atoms with E-state index >= 15 is 0 Å². The van der Waals surface area contributed by atoms with Crippen molar-refractivity contribution in [2.45, 2.75) is 32.6 Å². The van der Waals surface area contributed by atoms with Crippen LogP contribution in [0, 0.1) is 0 Å². The second-order valence-corrected chi connectivity index (χ2v) is 6.19. The van der Waals surface area contributed by atoms with E-state index in [0.717, 1.165) is 23.3 Å². The first-order chi connectivity index (χ1) is 12.6. The van der Waals surface area contributed by atoms with Crippen LogP contribution in [-0.4, -0.2) is 37.1 Å². The van der Waals surface area contributed by atoms with Gasteiger partial charge in [-0.15, -0.1) is 12.4 Å². The van der Waals surface area contributed by atoms with Gasteiger partial charge in [-0.2, -0.15) is 0 Å². The highest BCUT2D eigenvalue weighted by Crippen LogP contribution is 2.15. The van der Waals surface area contributed by atoms with Gasteiger partial charge in [-0.05, 0) is 43.1 Å². The maximum atomic E-state index is 12.8. The maximum absolute atomic E-state index is 12.8. The Hall–Kier alpha value is -2.08. The summed E-state index contributed by atoms with van der Waals surface area (Å²) in [7, 11) is 1.63. The molecule has 0 aliphatic rings. The van der Waals surface area contributed by atoms with E-state index in [1.807, 2.05) is 59.5 Å². The molecule has 148 valence electrons. The Balaban J connectivity index is 0.00000364. The van der Waals surface area contributed by atoms with Crippen LogP contribution >= 0.6 is 12.4 Å². The number of amides is 1. The summed E-state index contributed by atoms with van der Waals surface area (Å²) < 4.78 is 11.0. The van der Waals surface area contributed by atoms with Crippen molar-refractivity contribution in [3.8, 4) is 5.75 Å². The van der Waals surface area contributed by atoms with Gasteiger partial charge in [0, 0.05) is 13.1 Å². The van der Waals surface area contributed by atoms with Gasteiger partial charge in [-0.3, -0.25) is 4.79 Å². The average Bonchev–Trinajstić information content (AvgIpc) is 2.69. The first kappa shape index (κ1) is 23.0. The maximum Gasteiger partial charge on any atom is 0.251 e. The molecular weight excluding hydrogens is 364 g/mol. The molecule has 1 amide bonds. The third kappa shape index (κ3) is 7.59. The summed E-state index contributed by atoms with van der Waals surface area (Å²) in [6.45, 7) is 3.89. The van der Waals surface area contributed by atoms with E-state index in [4.69, 9.17) is 15.2 Å². The van der Waals surface area contributed by atoms with Gasteiger partial charge in [0.15, 0.2) is 0 Å². The normalized spacial score (nSPS) is 11.4. The van der Waals surface area contributed by atoms with E-state index in [0.29, 0.717) is 26.2 Å². The van der Waals surface area contributed by atoms with Crippen molar-refractivity contribution in [3.63, 3.8) is 0 Å². The summed E-state index contributed by atoms with van der Waals surface area (Å²) in [4.78, 5) is 14.7. The molecule has 2 aromatic carbocycles. The number of ether oxygens (including phenoxy) is 2. The Morgan fingerprint density at radius 2 is 1.81 bits per heavy atom. The fraction of sp³-hybridized carbons (Fsp3) is 0.381. The first-order valence-corrected chi connectivity index (χ1v) is 8.91. The molecule has 0 spiro atoms. The minimum absolute atomic E-state index is 0. The number of nitrogens with zero attached hydrogens (tertiary/aromatic N) is 1. The molecular formula is C21H29ClN2O3. The monoisotopic (exact) mass is 392 g/mol. The number of carbonyl (C=O) groups excluding carboxylic acids is 1. The predicted molar refractivity (Wildman–Crippen MR) is 110 cm³/mol. The highest BCUT2D eigenvalue weighted by Gasteiger charge is 2.21. The number of benzene rings is 2. The van der Waals surface area contributed by atoms with Crippen molar-refractivity contribution in [2.75, 3.05) is 20.2 Å². The number of carbonyl (C=O) groups is 1. The predicted octanol–water partition coefficient (Wildman–Crippen LogP) is 3.40. The lowest BCUT2D eigenvalue weighted by Gasteiger charge is -2.26. The number of nitrogens with two attached hydrogens (primary N) is 1. The van der Waals surface area contributed by atoms with E-state index in [9.17, 15) is 4.79 Å². The molecule has 5 nitrogen and oxygen atoms in total. The van der Waals surface area contributed by atoms with Crippen molar-refractivity contribution in [2.24, 2.45) is 5.73 Å². The third-order valence-corrected chi connectivity index (χ3v) is 4.14. The van der Waals surface area contributed by atoms with E-state index in [-0.39, 0.29) is 18.3 Å². The van der Waals surface area contributed by atoms with Crippen LogP contribution in [0.4, 0.5) is 0 Å². The van der Waals surface area contributed by atoms with Crippen LogP contribution in [-0.2, 0) is 22.7 Å². The molecule has 6 heteroatoms. The van der Waals surface area contributed by atoms with Gasteiger partial charge in [-0.25, -0.2) is 0 Å². The number of rotatable bonds is 10. The summed E-state index contributed by atoms with van der Waals surface area (Å²) in [5.74, 6) is 0.754. The lowest BCUT2D eigenvalue weighted by molar-refractivity contribution is -0.144. The molecule has 1 atom stereocenters. The van der Waals surface area contributed by atoms with Gasteiger partial charge in [0.25, 0.3) is 5.91 Å². The standard InChI is InChI=1S/C21H28N2O3.ClH/c1-17(26-16-19-10-6-11-20(14-19)25-2)21(24)23(13-7-12-22)15-18-8-4-3-5-9-18;/h3-6,8-11,14,17H,7,12-13,15-16,22H2,1-2H3;1H. The molecule has 0 aromatic heterocycles. The Morgan fingerprint density at radius 1 is 1.11 bits per heavy atom. The molecule has 2 rings (SSSR count). The van der Waals surface area contributed by atoms with E-state index < -0.39 is 6.10 Å². The summed E-state index contributed by atoms with van der Waals surface area (Å²) >= 11 is 0. The molecule has 0 saturated heterocycles. The summed E-state index contributed by atoms with van der Waals surface area (Å²) in [6, 6.07) is 17.6. The SMILES string of the molecule is COc1cccc(COC(C)C(=O)N(CCCN)Cc2ccccc2)c1.Cl. The molecule has 27 heavy (non-hydrogen) atoms. The molecule has 0 radical (unpaired) electrons. The molecule has 0 heterocycles. The van der Waals surface area contributed by atoms with E-state index in [1.165, 1.54) is 0 Å². The minimum atomic E-state index is -0.525. The molecule has 0 aliphatic heterocycles. The van der Waals surface area contributed by atoms with Gasteiger partial charge in [0.2, 0.25) is 0 Å². The topological polar surface area (TPSA) is 64.8 Å². The Morgan fingerprint density at radius 3 is 2.48 bits per heavy atom. The Bertz CT molecular complexity index is 682. The molecule has 0 aliphatic carbocycles. The number of methoxy groups -OCH3 is 1. The molecule has 1 unspecified atom stereocenters. The van der Waals surface area contributed by atoms with Crippen LogP contribution in [0.2, 0.25) is 0 Å². The summed E-state index contributed by atoms with van der Waals surface area (Å²) in [6.07, 6.45) is 0.240. The van der Waals surface area contributed by atoms with Crippen molar-refractivity contribution < 1.29 is 14.3 Å². The van der Waals surface area contributed by atoms with Gasteiger partial charge in [0.05, 0.1) is 13.7 Å². The second-order valence-electron chi connectivity index (χ2n) is 6.19. The van der Waals surface area contributed by atoms with Crippen LogP contribution < -0.4 is 10.5 Å². The highest BCUT2D eigenvalue weighted by molar-refractivity contribution is 5.85. The number of halogens is 1. The molecule has 2 N–H and O–H groups in total. The van der Waals surface area contributed by atoms with Crippen LogP contribution in [0.3, 0.4) is 0 Å². The zero-order chi connectivity index (χ0) is 18.8. The number of hydrogen-bond donors (Lipinski definition) is 1. The van der Waals surface area contributed by atoms with Crippen molar-refractivity contribution in [3.05, 3.63) is 65.7 Å². The molecule has 2 aromatic rings. The van der Waals surface area contributed by atoms with E-state index in [2.05, 4.69) is 0 Å². The summed E-state index contributed by atoms with van der Waals surface area (Å²) in [5.41, 5.74) is 7.70. The lowest BCUT2D eigenvalue weighted by Crippen LogP contribution is -2.39. The highest BCUT2D eigenvalue weighted by atomic mass is 35.5. The number of hydrogen-bond acceptors (Lipinski definition) is 4. The van der Waals surface area contributed by atoms with Gasteiger partial charge in [0.1, 0.15) is 11.9 Å². The quantitative estimate of drug-likeness (QED) is 0.673. The third-order valence-electron chi connectivity index (χ3n) is 4.14. The first-order valence-electron chi connectivity index (χ1n) is 8.91. The minimum Gasteiger partial charge on any atom is -0.497 e. The zero-order valence-electron chi connectivity index (χ0n) is 16.0. The second kappa shape index (κ2) is 12.3. The van der Waals surface area contributed by atoms with Crippen molar-refractivity contribution in [1.82, 2.24) is 4.90 Å². The van der Waals surface area contributed by atoms with Crippen LogP contribution in [0.5, 0.6) is 5.75 Å². The van der Waals surface area contributed by atoms with Crippen LogP contribution in [0.25, 0.3) is 0 Å². The van der Waals surface area contributed by atoms with Gasteiger partial charge < -0.3 is 20.1 Å². The van der Waals surface area contributed by atoms with Gasteiger partial charge in [-0.1, -0.05) is 42.5 Å². The van der Waals surface area contributed by atoms with Crippen molar-refractivity contribution >= 4 is 18.3 Å². The Kier molecular flexibility index (Phi) is 10.5. The largest absolute Gasteiger partial charge is 0.497 e. The zero-order valence-corrected chi connectivity index (χ0v) is 16.8. The van der Waals surface area contributed by atoms with E-state index in [1.54, 1.807) is 14.0 Å². The smallest absolute Gasteiger partial charge is 0.251 e. The van der Waals surface area contributed by atoms with Gasteiger partial charge >= 0.3 is 0 Å².